The fourth-order valence-electron chi connectivity index (χ4n) is 2.00. The van der Waals surface area contributed by atoms with Crippen molar-refractivity contribution in [1.29, 1.82) is 0 Å². The molecule has 0 saturated carbocycles. The SMILES string of the molecule is CCCCOCCN1CC(C)OC(CN)C1. The molecule has 2 N–H and O–H groups in total. The van der Waals surface area contributed by atoms with E-state index in [9.17, 15) is 0 Å². The molecule has 1 fully saturated rings. The molecule has 0 aromatic rings. The van der Waals surface area contributed by atoms with Crippen LogP contribution in [0.15, 0.2) is 0 Å². The summed E-state index contributed by atoms with van der Waals surface area (Å²) in [5.74, 6) is 0. The van der Waals surface area contributed by atoms with Gasteiger partial charge in [-0.2, -0.15) is 0 Å². The Morgan fingerprint density at radius 1 is 1.38 bits per heavy atom. The third-order valence-corrected chi connectivity index (χ3v) is 2.86. The minimum Gasteiger partial charge on any atom is -0.380 e. The number of morpholine rings is 1. The van der Waals surface area contributed by atoms with Crippen molar-refractivity contribution in [1.82, 2.24) is 4.90 Å². The maximum absolute atomic E-state index is 5.70. The van der Waals surface area contributed by atoms with E-state index in [0.29, 0.717) is 6.54 Å². The number of rotatable bonds is 7. The Hall–Kier alpha value is -0.160. The summed E-state index contributed by atoms with van der Waals surface area (Å²) >= 11 is 0. The van der Waals surface area contributed by atoms with Crippen LogP contribution < -0.4 is 5.73 Å². The van der Waals surface area contributed by atoms with Gasteiger partial charge in [-0.3, -0.25) is 4.90 Å². The van der Waals surface area contributed by atoms with Crippen molar-refractivity contribution in [3.63, 3.8) is 0 Å². The third kappa shape index (κ3) is 5.25. The molecule has 0 bridgehead atoms. The summed E-state index contributed by atoms with van der Waals surface area (Å²) in [5, 5.41) is 0. The summed E-state index contributed by atoms with van der Waals surface area (Å²) in [6.45, 7) is 9.53. The molecule has 2 unspecified atom stereocenters. The Kier molecular flexibility index (Phi) is 6.96. The van der Waals surface area contributed by atoms with Crippen LogP contribution >= 0.6 is 0 Å². The highest BCUT2D eigenvalue weighted by Crippen LogP contribution is 2.09. The van der Waals surface area contributed by atoms with E-state index in [2.05, 4.69) is 18.7 Å². The van der Waals surface area contributed by atoms with E-state index in [-0.39, 0.29) is 12.2 Å². The number of hydrogen-bond donors (Lipinski definition) is 1. The minimum absolute atomic E-state index is 0.194. The van der Waals surface area contributed by atoms with E-state index in [1.54, 1.807) is 0 Å². The summed E-state index contributed by atoms with van der Waals surface area (Å²) < 4.78 is 11.3. The van der Waals surface area contributed by atoms with E-state index in [1.165, 1.54) is 6.42 Å². The lowest BCUT2D eigenvalue weighted by Crippen LogP contribution is -2.50. The van der Waals surface area contributed by atoms with E-state index < -0.39 is 0 Å². The Bertz CT molecular complexity index is 178. The molecule has 2 atom stereocenters. The Morgan fingerprint density at radius 2 is 2.19 bits per heavy atom. The van der Waals surface area contributed by atoms with Crippen LogP contribution in [0.4, 0.5) is 0 Å². The predicted octanol–water partition coefficient (Wildman–Crippen LogP) is 0.851. The van der Waals surface area contributed by atoms with Crippen molar-refractivity contribution in [2.45, 2.75) is 38.9 Å². The third-order valence-electron chi connectivity index (χ3n) is 2.86. The van der Waals surface area contributed by atoms with Crippen LogP contribution in [0.3, 0.4) is 0 Å². The highest BCUT2D eigenvalue weighted by Gasteiger charge is 2.23. The van der Waals surface area contributed by atoms with Crippen molar-refractivity contribution < 1.29 is 9.47 Å². The second kappa shape index (κ2) is 8.01. The molecule has 1 aliphatic heterocycles. The molecule has 0 aromatic heterocycles. The normalized spacial score (nSPS) is 27.2. The van der Waals surface area contributed by atoms with Crippen molar-refractivity contribution in [3.8, 4) is 0 Å². The monoisotopic (exact) mass is 230 g/mol. The van der Waals surface area contributed by atoms with Crippen molar-refractivity contribution >= 4 is 0 Å². The van der Waals surface area contributed by atoms with Crippen LogP contribution in [-0.2, 0) is 9.47 Å². The maximum Gasteiger partial charge on any atom is 0.0828 e. The van der Waals surface area contributed by atoms with Gasteiger partial charge in [-0.1, -0.05) is 13.3 Å². The average Bonchev–Trinajstić information content (AvgIpc) is 2.28. The van der Waals surface area contributed by atoms with Crippen LogP contribution in [0, 0.1) is 0 Å². The molecule has 0 aromatic carbocycles. The first kappa shape index (κ1) is 13.9. The minimum atomic E-state index is 0.194. The first-order valence-corrected chi connectivity index (χ1v) is 6.41. The van der Waals surface area contributed by atoms with Crippen molar-refractivity contribution in [2.24, 2.45) is 5.73 Å². The molecule has 4 heteroatoms. The predicted molar refractivity (Wildman–Crippen MR) is 65.6 cm³/mol. The number of nitrogens with two attached hydrogens (primary N) is 1. The van der Waals surface area contributed by atoms with Gasteiger partial charge in [0.15, 0.2) is 0 Å². The second-order valence-corrected chi connectivity index (χ2v) is 4.53. The van der Waals surface area contributed by atoms with E-state index in [1.807, 2.05) is 0 Å². The lowest BCUT2D eigenvalue weighted by atomic mass is 10.2. The summed E-state index contributed by atoms with van der Waals surface area (Å²) in [7, 11) is 0. The molecule has 4 nitrogen and oxygen atoms in total. The molecule has 1 saturated heterocycles. The molecule has 1 heterocycles. The van der Waals surface area contributed by atoms with E-state index in [0.717, 1.165) is 39.3 Å². The van der Waals surface area contributed by atoms with Gasteiger partial charge in [-0.15, -0.1) is 0 Å². The number of unbranched alkanes of at least 4 members (excludes halogenated alkanes) is 1. The van der Waals surface area contributed by atoms with Gasteiger partial charge >= 0.3 is 0 Å². The quantitative estimate of drug-likeness (QED) is 0.659. The zero-order chi connectivity index (χ0) is 11.8. The molecule has 0 spiro atoms. The van der Waals surface area contributed by atoms with Gasteiger partial charge in [0.05, 0.1) is 18.8 Å². The van der Waals surface area contributed by atoms with Crippen LogP contribution in [0.1, 0.15) is 26.7 Å². The zero-order valence-electron chi connectivity index (χ0n) is 10.7. The fourth-order valence-corrected chi connectivity index (χ4v) is 2.00. The van der Waals surface area contributed by atoms with E-state index in [4.69, 9.17) is 15.2 Å². The van der Waals surface area contributed by atoms with Crippen molar-refractivity contribution in [2.75, 3.05) is 39.4 Å². The smallest absolute Gasteiger partial charge is 0.0828 e. The largest absolute Gasteiger partial charge is 0.380 e. The summed E-state index contributed by atoms with van der Waals surface area (Å²) in [6, 6.07) is 0. The van der Waals surface area contributed by atoms with Crippen molar-refractivity contribution in [3.05, 3.63) is 0 Å². The molecular formula is C12H26N2O2. The highest BCUT2D eigenvalue weighted by molar-refractivity contribution is 4.75. The number of nitrogens with zero attached hydrogens (tertiary/aromatic N) is 1. The Labute approximate surface area is 99.1 Å². The summed E-state index contributed by atoms with van der Waals surface area (Å²) in [6.07, 6.45) is 2.84. The molecule has 1 rings (SSSR count). The van der Waals surface area contributed by atoms with Crippen LogP contribution in [0.5, 0.6) is 0 Å². The number of hydrogen-bond acceptors (Lipinski definition) is 4. The van der Waals surface area contributed by atoms with Crippen LogP contribution in [0.2, 0.25) is 0 Å². The first-order chi connectivity index (χ1) is 7.76. The summed E-state index contributed by atoms with van der Waals surface area (Å²) in [5.41, 5.74) is 5.64. The standard InChI is InChI=1S/C12H26N2O2/c1-3-4-6-15-7-5-14-9-11(2)16-12(8-13)10-14/h11-12H,3-10,13H2,1-2H3. The van der Waals surface area contributed by atoms with Crippen LogP contribution in [-0.4, -0.2) is 56.5 Å². The maximum atomic E-state index is 5.70. The Balaban J connectivity index is 2.10. The van der Waals surface area contributed by atoms with Gasteiger partial charge in [-0.25, -0.2) is 0 Å². The van der Waals surface area contributed by atoms with Gasteiger partial charge in [0.1, 0.15) is 0 Å². The second-order valence-electron chi connectivity index (χ2n) is 4.53. The molecule has 16 heavy (non-hydrogen) atoms. The topological polar surface area (TPSA) is 47.7 Å². The molecule has 0 radical (unpaired) electrons. The Morgan fingerprint density at radius 3 is 2.88 bits per heavy atom. The molecule has 1 aliphatic rings. The molecule has 0 amide bonds. The van der Waals surface area contributed by atoms with Gasteiger partial charge in [-0.05, 0) is 13.3 Å². The van der Waals surface area contributed by atoms with Gasteiger partial charge in [0.2, 0.25) is 0 Å². The molecular weight excluding hydrogens is 204 g/mol. The van der Waals surface area contributed by atoms with Gasteiger partial charge < -0.3 is 15.2 Å². The van der Waals surface area contributed by atoms with E-state index >= 15 is 0 Å². The highest BCUT2D eigenvalue weighted by atomic mass is 16.5. The lowest BCUT2D eigenvalue weighted by molar-refractivity contribution is -0.0768. The average molecular weight is 230 g/mol. The molecule has 96 valence electrons. The van der Waals surface area contributed by atoms with Gasteiger partial charge in [0.25, 0.3) is 0 Å². The lowest BCUT2D eigenvalue weighted by Gasteiger charge is -2.36. The fraction of sp³-hybridized carbons (Fsp3) is 1.00. The summed E-state index contributed by atoms with van der Waals surface area (Å²) in [4.78, 5) is 2.39. The number of ether oxygens (including phenoxy) is 2. The van der Waals surface area contributed by atoms with Gasteiger partial charge in [0, 0.05) is 32.8 Å². The first-order valence-electron chi connectivity index (χ1n) is 6.41. The zero-order valence-corrected chi connectivity index (χ0v) is 10.7. The molecule has 0 aliphatic carbocycles. The van der Waals surface area contributed by atoms with Crippen LogP contribution in [0.25, 0.3) is 0 Å².